The van der Waals surface area contributed by atoms with Crippen molar-refractivity contribution in [2.24, 2.45) is 0 Å². The molecule has 29 heavy (non-hydrogen) atoms. The van der Waals surface area contributed by atoms with Crippen LogP contribution in [-0.2, 0) is 20.9 Å². The van der Waals surface area contributed by atoms with Crippen LogP contribution in [0.3, 0.4) is 0 Å². The second-order valence-electron chi connectivity index (χ2n) is 6.20. The maximum absolute atomic E-state index is 12.5. The highest BCUT2D eigenvalue weighted by Gasteiger charge is 2.26. The molecule has 2 N–H and O–H groups in total. The molecule has 0 spiro atoms. The van der Waals surface area contributed by atoms with E-state index < -0.39 is 24.0 Å². The van der Waals surface area contributed by atoms with Crippen molar-refractivity contribution in [1.29, 1.82) is 0 Å². The Labute approximate surface area is 166 Å². The number of nitrogens with one attached hydrogen (secondary N) is 2. The smallest absolute Gasteiger partial charge is 0.375 e. The van der Waals surface area contributed by atoms with Crippen molar-refractivity contribution in [1.82, 2.24) is 5.32 Å². The fraction of sp³-hybridized carbons (Fsp3) is 0.190. The van der Waals surface area contributed by atoms with Gasteiger partial charge in [-0.2, -0.15) is 0 Å². The first-order valence-electron chi connectivity index (χ1n) is 8.86. The molecule has 0 aliphatic carbocycles. The quantitative estimate of drug-likeness (QED) is 0.618. The highest BCUT2D eigenvalue weighted by molar-refractivity contribution is 6.03. The number of urea groups is 1. The van der Waals surface area contributed by atoms with Crippen LogP contribution in [0.5, 0.6) is 0 Å². The fourth-order valence-corrected chi connectivity index (χ4v) is 2.72. The summed E-state index contributed by atoms with van der Waals surface area (Å²) in [6.45, 7) is 1.50. The van der Waals surface area contributed by atoms with Gasteiger partial charge in [0.05, 0.1) is 6.61 Å². The number of ether oxygens (including phenoxy) is 2. The van der Waals surface area contributed by atoms with Crippen LogP contribution in [0.4, 0.5) is 10.5 Å². The highest BCUT2D eigenvalue weighted by atomic mass is 16.6. The standard InChI is InChI=1S/C21H20N2O6/c1-13(19(24)23-21(26)22-14-8-4-3-5-9-14)28-20(25)18-16(12-27-2)15-10-6-7-11-17(15)29-18/h3-11,13H,12H2,1-2H3,(H2,22,23,24,26). The van der Waals surface area contributed by atoms with Crippen LogP contribution in [0.15, 0.2) is 59.0 Å². The molecule has 0 fully saturated rings. The van der Waals surface area contributed by atoms with Crippen molar-refractivity contribution in [3.8, 4) is 0 Å². The van der Waals surface area contributed by atoms with Gasteiger partial charge in [-0.15, -0.1) is 0 Å². The summed E-state index contributed by atoms with van der Waals surface area (Å²) in [5.41, 5.74) is 1.56. The van der Waals surface area contributed by atoms with Gasteiger partial charge in [-0.05, 0) is 25.1 Å². The molecule has 0 bridgehead atoms. The monoisotopic (exact) mass is 396 g/mol. The van der Waals surface area contributed by atoms with Gasteiger partial charge in [-0.3, -0.25) is 10.1 Å². The summed E-state index contributed by atoms with van der Waals surface area (Å²) in [6.07, 6.45) is -1.22. The molecular weight excluding hydrogens is 376 g/mol. The number of hydrogen-bond donors (Lipinski definition) is 2. The number of amides is 3. The Bertz CT molecular complexity index is 1030. The van der Waals surface area contributed by atoms with Gasteiger partial charge in [-0.25, -0.2) is 9.59 Å². The zero-order valence-electron chi connectivity index (χ0n) is 15.9. The Morgan fingerprint density at radius 1 is 1.03 bits per heavy atom. The number of fused-ring (bicyclic) bond motifs is 1. The number of furan rings is 1. The Kier molecular flexibility index (Phi) is 6.25. The topological polar surface area (TPSA) is 107 Å². The van der Waals surface area contributed by atoms with E-state index in [0.717, 1.165) is 5.39 Å². The van der Waals surface area contributed by atoms with Crippen LogP contribution in [0.2, 0.25) is 0 Å². The zero-order chi connectivity index (χ0) is 20.8. The van der Waals surface area contributed by atoms with Crippen LogP contribution < -0.4 is 10.6 Å². The van der Waals surface area contributed by atoms with Crippen molar-refractivity contribution < 1.29 is 28.3 Å². The third kappa shape index (κ3) is 4.80. The second kappa shape index (κ2) is 9.03. The second-order valence-corrected chi connectivity index (χ2v) is 6.20. The highest BCUT2D eigenvalue weighted by Crippen LogP contribution is 2.27. The summed E-state index contributed by atoms with van der Waals surface area (Å²) in [5.74, 6) is -1.63. The maximum atomic E-state index is 12.5. The van der Waals surface area contributed by atoms with E-state index in [9.17, 15) is 14.4 Å². The van der Waals surface area contributed by atoms with Gasteiger partial charge in [0.2, 0.25) is 5.76 Å². The number of carbonyl (C=O) groups excluding carboxylic acids is 3. The van der Waals surface area contributed by atoms with Crippen LogP contribution in [-0.4, -0.2) is 31.1 Å². The first kappa shape index (κ1) is 20.1. The lowest BCUT2D eigenvalue weighted by atomic mass is 10.1. The minimum atomic E-state index is -1.22. The molecule has 0 saturated heterocycles. The molecule has 0 aliphatic rings. The Morgan fingerprint density at radius 2 is 1.72 bits per heavy atom. The van der Waals surface area contributed by atoms with E-state index >= 15 is 0 Å². The molecular formula is C21H20N2O6. The van der Waals surface area contributed by atoms with Gasteiger partial charge in [0, 0.05) is 23.7 Å². The molecule has 1 aromatic heterocycles. The SMILES string of the molecule is COCc1c(C(=O)OC(C)C(=O)NC(=O)Nc2ccccc2)oc2ccccc12. The van der Waals surface area contributed by atoms with Gasteiger partial charge in [-0.1, -0.05) is 36.4 Å². The van der Waals surface area contributed by atoms with E-state index in [-0.39, 0.29) is 12.4 Å². The molecule has 1 atom stereocenters. The Hall–Kier alpha value is -3.65. The van der Waals surface area contributed by atoms with E-state index in [0.29, 0.717) is 16.8 Å². The third-order valence-electron chi connectivity index (χ3n) is 4.09. The normalized spacial score (nSPS) is 11.7. The van der Waals surface area contributed by atoms with Gasteiger partial charge in [0.15, 0.2) is 6.10 Å². The van der Waals surface area contributed by atoms with Crippen molar-refractivity contribution in [2.45, 2.75) is 19.6 Å². The molecule has 0 aliphatic heterocycles. The van der Waals surface area contributed by atoms with E-state index in [1.54, 1.807) is 48.5 Å². The summed E-state index contributed by atoms with van der Waals surface area (Å²) in [7, 11) is 1.50. The van der Waals surface area contributed by atoms with Crippen molar-refractivity contribution >= 4 is 34.6 Å². The summed E-state index contributed by atoms with van der Waals surface area (Å²) in [5, 5.41) is 5.36. The molecule has 1 unspecified atom stereocenters. The number of anilines is 1. The predicted octanol–water partition coefficient (Wildman–Crippen LogP) is 3.47. The van der Waals surface area contributed by atoms with Crippen LogP contribution >= 0.6 is 0 Å². The lowest BCUT2D eigenvalue weighted by Gasteiger charge is -2.13. The molecule has 1 heterocycles. The number of hydrogen-bond acceptors (Lipinski definition) is 6. The predicted molar refractivity (Wildman–Crippen MR) is 105 cm³/mol. The molecule has 8 nitrogen and oxygen atoms in total. The number of methoxy groups -OCH3 is 1. The van der Waals surface area contributed by atoms with Crippen LogP contribution in [0, 0.1) is 0 Å². The molecule has 3 amide bonds. The number of carbonyl (C=O) groups is 3. The summed E-state index contributed by atoms with van der Waals surface area (Å²) in [4.78, 5) is 36.7. The first-order chi connectivity index (χ1) is 14.0. The lowest BCUT2D eigenvalue weighted by Crippen LogP contribution is -2.41. The van der Waals surface area contributed by atoms with E-state index in [1.165, 1.54) is 14.0 Å². The average molecular weight is 396 g/mol. The number of benzene rings is 2. The zero-order valence-corrected chi connectivity index (χ0v) is 15.9. The molecule has 2 aromatic carbocycles. The molecule has 150 valence electrons. The Balaban J connectivity index is 1.65. The van der Waals surface area contributed by atoms with Gasteiger partial charge < -0.3 is 19.2 Å². The molecule has 0 radical (unpaired) electrons. The number of esters is 1. The largest absolute Gasteiger partial charge is 0.449 e. The van der Waals surface area contributed by atoms with Gasteiger partial charge in [0.1, 0.15) is 5.58 Å². The van der Waals surface area contributed by atoms with Crippen molar-refractivity contribution in [3.63, 3.8) is 0 Å². The number of rotatable bonds is 6. The van der Waals surface area contributed by atoms with Gasteiger partial charge in [0.25, 0.3) is 5.91 Å². The Morgan fingerprint density at radius 3 is 2.45 bits per heavy atom. The summed E-state index contributed by atoms with van der Waals surface area (Å²) in [6, 6.07) is 15.0. The number of para-hydroxylation sites is 2. The van der Waals surface area contributed by atoms with E-state index in [4.69, 9.17) is 13.9 Å². The minimum Gasteiger partial charge on any atom is -0.449 e. The molecule has 0 saturated carbocycles. The minimum absolute atomic E-state index is 0.0403. The number of imide groups is 1. The molecule has 8 heteroatoms. The van der Waals surface area contributed by atoms with E-state index in [2.05, 4.69) is 10.6 Å². The average Bonchev–Trinajstić information content (AvgIpc) is 3.07. The maximum Gasteiger partial charge on any atom is 0.375 e. The van der Waals surface area contributed by atoms with Crippen LogP contribution in [0.25, 0.3) is 11.0 Å². The van der Waals surface area contributed by atoms with E-state index in [1.807, 2.05) is 6.07 Å². The molecule has 3 rings (SSSR count). The lowest BCUT2D eigenvalue weighted by molar-refractivity contribution is -0.127. The third-order valence-corrected chi connectivity index (χ3v) is 4.09. The summed E-state index contributed by atoms with van der Waals surface area (Å²) < 4.78 is 15.9. The first-order valence-corrected chi connectivity index (χ1v) is 8.86. The van der Waals surface area contributed by atoms with Crippen molar-refractivity contribution in [3.05, 3.63) is 65.9 Å². The van der Waals surface area contributed by atoms with Gasteiger partial charge >= 0.3 is 12.0 Å². The fourth-order valence-electron chi connectivity index (χ4n) is 2.72. The molecule has 3 aromatic rings. The summed E-state index contributed by atoms with van der Waals surface area (Å²) >= 11 is 0. The van der Waals surface area contributed by atoms with Crippen molar-refractivity contribution in [2.75, 3.05) is 12.4 Å². The van der Waals surface area contributed by atoms with Crippen LogP contribution in [0.1, 0.15) is 23.0 Å².